The van der Waals surface area contributed by atoms with Crippen LogP contribution in [-0.4, -0.2) is 20.9 Å². The molecule has 7 heteroatoms. The number of nitrogens with zero attached hydrogens (tertiary/aromatic N) is 2. The number of rotatable bonds is 3. The van der Waals surface area contributed by atoms with E-state index in [0.29, 0.717) is 22.3 Å². The van der Waals surface area contributed by atoms with E-state index >= 15 is 0 Å². The first-order chi connectivity index (χ1) is 12.6. The van der Waals surface area contributed by atoms with Crippen LogP contribution in [0, 0.1) is 5.82 Å². The third kappa shape index (κ3) is 3.09. The van der Waals surface area contributed by atoms with E-state index in [1.165, 1.54) is 12.1 Å². The van der Waals surface area contributed by atoms with E-state index in [1.807, 2.05) is 6.07 Å². The zero-order valence-electron chi connectivity index (χ0n) is 13.3. The van der Waals surface area contributed by atoms with Crippen LogP contribution in [0.1, 0.15) is 10.4 Å². The zero-order chi connectivity index (χ0) is 18.1. The number of H-pyrrole nitrogens is 1. The predicted octanol–water partition coefficient (Wildman–Crippen LogP) is 4.78. The molecule has 0 fully saturated rings. The van der Waals surface area contributed by atoms with E-state index in [0.717, 1.165) is 15.6 Å². The number of benzene rings is 1. The van der Waals surface area contributed by atoms with Gasteiger partial charge in [0.2, 0.25) is 0 Å². The number of hydrogen-bond acceptors (Lipinski definition) is 3. The number of fused-ring (bicyclic) bond motifs is 1. The lowest BCUT2D eigenvalue weighted by Gasteiger charge is -2.10. The van der Waals surface area contributed by atoms with Gasteiger partial charge in [-0.2, -0.15) is 0 Å². The van der Waals surface area contributed by atoms with Gasteiger partial charge < -0.3 is 10.3 Å². The molecule has 0 aliphatic heterocycles. The van der Waals surface area contributed by atoms with Crippen LogP contribution in [0.5, 0.6) is 0 Å². The molecule has 3 aromatic heterocycles. The average Bonchev–Trinajstić information content (AvgIpc) is 3.06. The molecule has 1 amide bonds. The number of anilines is 1. The van der Waals surface area contributed by atoms with Crippen molar-refractivity contribution in [2.24, 2.45) is 0 Å². The van der Waals surface area contributed by atoms with Gasteiger partial charge in [-0.1, -0.05) is 12.1 Å². The van der Waals surface area contributed by atoms with Gasteiger partial charge in [0, 0.05) is 34.0 Å². The smallest absolute Gasteiger partial charge is 0.257 e. The summed E-state index contributed by atoms with van der Waals surface area (Å²) in [7, 11) is 0. The lowest BCUT2D eigenvalue weighted by atomic mass is 10.1. The number of amides is 1. The summed E-state index contributed by atoms with van der Waals surface area (Å²) in [6.45, 7) is 0. The maximum absolute atomic E-state index is 13.2. The quantitative estimate of drug-likeness (QED) is 0.510. The van der Waals surface area contributed by atoms with Crippen molar-refractivity contribution in [3.05, 3.63) is 77.0 Å². The van der Waals surface area contributed by atoms with E-state index in [2.05, 4.69) is 36.2 Å². The highest BCUT2D eigenvalue weighted by Crippen LogP contribution is 2.28. The molecule has 1 aromatic carbocycles. The summed E-state index contributed by atoms with van der Waals surface area (Å²) in [5.41, 5.74) is 3.19. The van der Waals surface area contributed by atoms with Crippen molar-refractivity contribution < 1.29 is 9.18 Å². The highest BCUT2D eigenvalue weighted by molar-refractivity contribution is 9.10. The zero-order valence-corrected chi connectivity index (χ0v) is 14.9. The van der Waals surface area contributed by atoms with Gasteiger partial charge in [0.25, 0.3) is 5.91 Å². The topological polar surface area (TPSA) is 70.7 Å². The van der Waals surface area contributed by atoms with Gasteiger partial charge in [0.1, 0.15) is 11.5 Å². The molecular formula is C19H12BrFN4O. The number of carbonyl (C=O) groups excluding carboxylic acids is 1. The molecule has 0 aliphatic carbocycles. The Kier molecular flexibility index (Phi) is 4.22. The van der Waals surface area contributed by atoms with Gasteiger partial charge in [-0.25, -0.2) is 9.37 Å². The van der Waals surface area contributed by atoms with Crippen molar-refractivity contribution >= 4 is 38.6 Å². The van der Waals surface area contributed by atoms with Crippen LogP contribution in [0.3, 0.4) is 0 Å². The molecule has 0 radical (unpaired) electrons. The number of aromatic amines is 1. The van der Waals surface area contributed by atoms with Crippen LogP contribution in [0.4, 0.5) is 10.1 Å². The van der Waals surface area contributed by atoms with E-state index in [-0.39, 0.29) is 11.7 Å². The second-order valence-corrected chi connectivity index (χ2v) is 6.55. The van der Waals surface area contributed by atoms with E-state index in [1.54, 1.807) is 43.0 Å². The van der Waals surface area contributed by atoms with E-state index < -0.39 is 0 Å². The van der Waals surface area contributed by atoms with Crippen molar-refractivity contribution in [2.75, 3.05) is 5.32 Å². The van der Waals surface area contributed by atoms with Crippen molar-refractivity contribution in [1.29, 1.82) is 0 Å². The van der Waals surface area contributed by atoms with E-state index in [4.69, 9.17) is 0 Å². The molecule has 0 spiro atoms. The lowest BCUT2D eigenvalue weighted by Crippen LogP contribution is -2.12. The molecule has 0 saturated carbocycles. The Labute approximate surface area is 156 Å². The summed E-state index contributed by atoms with van der Waals surface area (Å²) in [6.07, 6.45) is 6.47. The number of hydrogen-bond donors (Lipinski definition) is 2. The van der Waals surface area contributed by atoms with Gasteiger partial charge >= 0.3 is 0 Å². The van der Waals surface area contributed by atoms with Gasteiger partial charge in [0.05, 0.1) is 17.4 Å². The number of halogens is 2. The molecule has 0 aliphatic rings. The van der Waals surface area contributed by atoms with Gasteiger partial charge in [0.15, 0.2) is 0 Å². The number of carbonyl (C=O) groups is 1. The minimum Gasteiger partial charge on any atom is -0.345 e. The molecule has 0 atom stereocenters. The summed E-state index contributed by atoms with van der Waals surface area (Å²) in [5.74, 6) is -0.599. The fraction of sp³-hybridized carbons (Fsp3) is 0. The third-order valence-electron chi connectivity index (χ3n) is 3.97. The molecule has 26 heavy (non-hydrogen) atoms. The summed E-state index contributed by atoms with van der Waals surface area (Å²) in [6, 6.07) is 9.68. The van der Waals surface area contributed by atoms with Crippen LogP contribution in [0.15, 0.2) is 65.7 Å². The number of nitrogens with one attached hydrogen (secondary N) is 2. The molecule has 4 aromatic rings. The van der Waals surface area contributed by atoms with Gasteiger partial charge in [-0.3, -0.25) is 9.78 Å². The summed E-state index contributed by atoms with van der Waals surface area (Å²) in [4.78, 5) is 24.1. The molecular weight excluding hydrogens is 399 g/mol. The average molecular weight is 411 g/mol. The summed E-state index contributed by atoms with van der Waals surface area (Å²) >= 11 is 3.37. The monoisotopic (exact) mass is 410 g/mol. The number of aromatic nitrogens is 3. The fourth-order valence-electron chi connectivity index (χ4n) is 2.73. The lowest BCUT2D eigenvalue weighted by molar-refractivity contribution is 0.102. The minimum absolute atomic E-state index is 0.285. The maximum atomic E-state index is 13.2. The largest absolute Gasteiger partial charge is 0.345 e. The normalized spacial score (nSPS) is 10.8. The van der Waals surface area contributed by atoms with E-state index in [9.17, 15) is 9.18 Å². The van der Waals surface area contributed by atoms with Crippen LogP contribution < -0.4 is 5.32 Å². The summed E-state index contributed by atoms with van der Waals surface area (Å²) < 4.78 is 14.0. The molecule has 0 bridgehead atoms. The van der Waals surface area contributed by atoms with Crippen molar-refractivity contribution in [3.63, 3.8) is 0 Å². The van der Waals surface area contributed by atoms with Gasteiger partial charge in [-0.15, -0.1) is 0 Å². The third-order valence-corrected chi connectivity index (χ3v) is 4.40. The molecule has 4 rings (SSSR count). The highest BCUT2D eigenvalue weighted by Gasteiger charge is 2.15. The standard InChI is InChI=1S/C19H12BrFN4O/c20-12-7-15-16(9-24-18(15)23-8-12)19(26)25-17-10-22-6-5-14(17)11-1-3-13(21)4-2-11/h1-10H,(H,23,24)(H,25,26). The van der Waals surface area contributed by atoms with Crippen LogP contribution >= 0.6 is 15.9 Å². The van der Waals surface area contributed by atoms with Crippen molar-refractivity contribution in [2.45, 2.75) is 0 Å². The molecule has 3 heterocycles. The Morgan fingerprint density at radius 1 is 1.15 bits per heavy atom. The van der Waals surface area contributed by atoms with Crippen molar-refractivity contribution in [3.8, 4) is 11.1 Å². The second kappa shape index (κ2) is 6.68. The molecule has 0 saturated heterocycles. The Morgan fingerprint density at radius 2 is 1.96 bits per heavy atom. The first kappa shape index (κ1) is 16.4. The van der Waals surface area contributed by atoms with Crippen LogP contribution in [0.2, 0.25) is 0 Å². The Morgan fingerprint density at radius 3 is 2.77 bits per heavy atom. The first-order valence-corrected chi connectivity index (χ1v) is 8.55. The van der Waals surface area contributed by atoms with Crippen LogP contribution in [0.25, 0.3) is 22.2 Å². The summed E-state index contributed by atoms with van der Waals surface area (Å²) in [5, 5.41) is 3.59. The molecule has 5 nitrogen and oxygen atoms in total. The Balaban J connectivity index is 1.70. The first-order valence-electron chi connectivity index (χ1n) is 7.76. The predicted molar refractivity (Wildman–Crippen MR) is 101 cm³/mol. The maximum Gasteiger partial charge on any atom is 0.257 e. The minimum atomic E-state index is -0.315. The second-order valence-electron chi connectivity index (χ2n) is 5.63. The SMILES string of the molecule is O=C(Nc1cnccc1-c1ccc(F)cc1)c1c[nH]c2ncc(Br)cc12. The van der Waals surface area contributed by atoms with Gasteiger partial charge in [-0.05, 0) is 45.8 Å². The highest BCUT2D eigenvalue weighted by atomic mass is 79.9. The molecule has 0 unspecified atom stereocenters. The molecule has 128 valence electrons. The Bertz CT molecular complexity index is 1110. The van der Waals surface area contributed by atoms with Crippen molar-refractivity contribution in [1.82, 2.24) is 15.0 Å². The fourth-order valence-corrected chi connectivity index (χ4v) is 3.06. The molecule has 2 N–H and O–H groups in total. The Hall–Kier alpha value is -3.06. The number of pyridine rings is 2. The van der Waals surface area contributed by atoms with Crippen LogP contribution in [-0.2, 0) is 0 Å².